The van der Waals surface area contributed by atoms with Crippen LogP contribution in [0.4, 0.5) is 0 Å². The van der Waals surface area contributed by atoms with Gasteiger partial charge in [-0.05, 0) is 17.9 Å². The first-order valence-corrected chi connectivity index (χ1v) is 6.31. The Morgan fingerprint density at radius 2 is 2.06 bits per heavy atom. The minimum atomic E-state index is -0.350. The molecule has 1 aromatic heterocycles. The molecule has 0 fully saturated rings. The number of thiophene rings is 1. The zero-order valence-corrected chi connectivity index (χ0v) is 10.3. The molecule has 3 heteroatoms. The van der Waals surface area contributed by atoms with E-state index < -0.39 is 0 Å². The molecular formula is C13H19NOS. The lowest BCUT2D eigenvalue weighted by molar-refractivity contribution is 0.152. The summed E-state index contributed by atoms with van der Waals surface area (Å²) in [4.78, 5) is 3.24. The number of hydrogen-bond acceptors (Lipinski definition) is 3. The summed E-state index contributed by atoms with van der Waals surface area (Å²) >= 11 is 1.60. The van der Waals surface area contributed by atoms with Gasteiger partial charge in [0.15, 0.2) is 0 Å². The van der Waals surface area contributed by atoms with Crippen LogP contribution in [0.3, 0.4) is 0 Å². The van der Waals surface area contributed by atoms with Gasteiger partial charge in [0.1, 0.15) is 0 Å². The summed E-state index contributed by atoms with van der Waals surface area (Å²) in [5.74, 6) is 0. The Morgan fingerprint density at radius 3 is 2.56 bits per heavy atom. The lowest BCUT2D eigenvalue weighted by Crippen LogP contribution is -2.26. The van der Waals surface area contributed by atoms with Crippen molar-refractivity contribution in [3.05, 3.63) is 47.7 Å². The van der Waals surface area contributed by atoms with Gasteiger partial charge in [-0.1, -0.05) is 18.2 Å². The smallest absolute Gasteiger partial charge is 0.0894 e. The van der Waals surface area contributed by atoms with Crippen molar-refractivity contribution in [3.8, 4) is 0 Å². The van der Waals surface area contributed by atoms with Crippen molar-refractivity contribution >= 4 is 11.3 Å². The van der Waals surface area contributed by atoms with Crippen LogP contribution in [0.25, 0.3) is 0 Å². The number of nitrogens with zero attached hydrogens (tertiary/aromatic N) is 1. The molecule has 0 saturated carbocycles. The van der Waals surface area contributed by atoms with Crippen LogP contribution in [0, 0.1) is 0 Å². The van der Waals surface area contributed by atoms with Gasteiger partial charge in [0.2, 0.25) is 0 Å². The van der Waals surface area contributed by atoms with Gasteiger partial charge in [0.25, 0.3) is 0 Å². The second-order valence-corrected chi connectivity index (χ2v) is 4.64. The third-order valence-corrected chi connectivity index (χ3v) is 3.34. The molecule has 2 nitrogen and oxygen atoms in total. The molecule has 1 N–H and O–H groups in total. The lowest BCUT2D eigenvalue weighted by atomic mass is 10.2. The van der Waals surface area contributed by atoms with Crippen molar-refractivity contribution in [2.75, 3.05) is 19.6 Å². The minimum Gasteiger partial charge on any atom is -0.388 e. The van der Waals surface area contributed by atoms with Gasteiger partial charge in [-0.15, -0.1) is 24.5 Å². The Hall–Kier alpha value is -0.900. The fourth-order valence-electron chi connectivity index (χ4n) is 1.55. The van der Waals surface area contributed by atoms with Gasteiger partial charge in [-0.25, -0.2) is 0 Å². The van der Waals surface area contributed by atoms with Crippen LogP contribution in [0.5, 0.6) is 0 Å². The molecule has 1 atom stereocenters. The number of aliphatic hydroxyl groups is 1. The van der Waals surface area contributed by atoms with E-state index in [2.05, 4.69) is 18.1 Å². The average molecular weight is 237 g/mol. The highest BCUT2D eigenvalue weighted by Crippen LogP contribution is 2.21. The van der Waals surface area contributed by atoms with E-state index in [1.165, 1.54) is 0 Å². The van der Waals surface area contributed by atoms with Crippen LogP contribution in [0.1, 0.15) is 17.4 Å². The fraction of sp³-hybridized carbons (Fsp3) is 0.385. The predicted octanol–water partition coefficient (Wildman–Crippen LogP) is 2.85. The van der Waals surface area contributed by atoms with E-state index in [0.29, 0.717) is 0 Å². The standard InChI is InChI=1S/C13H19NOS/c1-3-8-14(9-4-2)10-7-12(15)13-6-5-11-16-13/h3-6,11-12,15H,1-2,7-10H2. The Bertz CT molecular complexity index is 298. The van der Waals surface area contributed by atoms with Crippen molar-refractivity contribution in [2.24, 2.45) is 0 Å². The van der Waals surface area contributed by atoms with Gasteiger partial charge in [0.05, 0.1) is 6.10 Å². The number of rotatable bonds is 8. The summed E-state index contributed by atoms with van der Waals surface area (Å²) in [7, 11) is 0. The highest BCUT2D eigenvalue weighted by Gasteiger charge is 2.10. The second kappa shape index (κ2) is 7.39. The second-order valence-electron chi connectivity index (χ2n) is 3.66. The lowest BCUT2D eigenvalue weighted by Gasteiger charge is -2.20. The van der Waals surface area contributed by atoms with Crippen molar-refractivity contribution < 1.29 is 5.11 Å². The molecule has 0 amide bonds. The SMILES string of the molecule is C=CCN(CC=C)CCC(O)c1cccs1. The van der Waals surface area contributed by atoms with Crippen LogP contribution >= 0.6 is 11.3 Å². The third-order valence-electron chi connectivity index (χ3n) is 2.36. The van der Waals surface area contributed by atoms with Gasteiger partial charge in [-0.2, -0.15) is 0 Å². The Balaban J connectivity index is 2.36. The summed E-state index contributed by atoms with van der Waals surface area (Å²) in [6.45, 7) is 9.98. The van der Waals surface area contributed by atoms with E-state index in [4.69, 9.17) is 0 Å². The minimum absolute atomic E-state index is 0.350. The normalized spacial score (nSPS) is 12.6. The Morgan fingerprint density at radius 1 is 1.38 bits per heavy atom. The van der Waals surface area contributed by atoms with Crippen molar-refractivity contribution in [2.45, 2.75) is 12.5 Å². The van der Waals surface area contributed by atoms with Crippen LogP contribution in [-0.4, -0.2) is 29.6 Å². The summed E-state index contributed by atoms with van der Waals surface area (Å²) in [6.07, 6.45) is 4.15. The maximum Gasteiger partial charge on any atom is 0.0894 e. The van der Waals surface area contributed by atoms with Crippen LogP contribution in [0.15, 0.2) is 42.8 Å². The molecule has 0 aromatic carbocycles. The summed E-state index contributed by atoms with van der Waals surface area (Å²) in [5, 5.41) is 11.9. The Kier molecular flexibility index (Phi) is 6.08. The fourth-order valence-corrected chi connectivity index (χ4v) is 2.30. The first-order valence-electron chi connectivity index (χ1n) is 5.43. The third kappa shape index (κ3) is 4.31. The quantitative estimate of drug-likeness (QED) is 0.703. The molecule has 0 aliphatic carbocycles. The van der Waals surface area contributed by atoms with Crippen molar-refractivity contribution in [1.82, 2.24) is 4.90 Å². The molecule has 88 valence electrons. The molecule has 0 saturated heterocycles. The number of hydrogen-bond donors (Lipinski definition) is 1. The molecule has 0 aliphatic heterocycles. The molecule has 1 aromatic rings. The monoisotopic (exact) mass is 237 g/mol. The van der Waals surface area contributed by atoms with E-state index in [1.807, 2.05) is 29.7 Å². The summed E-state index contributed by atoms with van der Waals surface area (Å²) < 4.78 is 0. The molecular weight excluding hydrogens is 218 g/mol. The van der Waals surface area contributed by atoms with Crippen molar-refractivity contribution in [3.63, 3.8) is 0 Å². The molecule has 1 rings (SSSR count). The Labute approximate surface area is 102 Å². The van der Waals surface area contributed by atoms with Gasteiger partial charge in [-0.3, -0.25) is 4.90 Å². The van der Waals surface area contributed by atoms with E-state index >= 15 is 0 Å². The van der Waals surface area contributed by atoms with E-state index in [-0.39, 0.29) is 6.10 Å². The van der Waals surface area contributed by atoms with Crippen LogP contribution in [-0.2, 0) is 0 Å². The topological polar surface area (TPSA) is 23.5 Å². The zero-order valence-electron chi connectivity index (χ0n) is 9.51. The highest BCUT2D eigenvalue weighted by atomic mass is 32.1. The maximum absolute atomic E-state index is 9.93. The molecule has 0 radical (unpaired) electrons. The van der Waals surface area contributed by atoms with Crippen LogP contribution < -0.4 is 0 Å². The van der Waals surface area contributed by atoms with E-state index in [1.54, 1.807) is 11.3 Å². The molecule has 0 spiro atoms. The first kappa shape index (κ1) is 13.2. The average Bonchev–Trinajstić information content (AvgIpc) is 2.79. The van der Waals surface area contributed by atoms with Gasteiger partial charge in [0, 0.05) is 24.5 Å². The summed E-state index contributed by atoms with van der Waals surface area (Å²) in [6, 6.07) is 3.94. The first-order chi connectivity index (χ1) is 7.77. The largest absolute Gasteiger partial charge is 0.388 e. The summed E-state index contributed by atoms with van der Waals surface area (Å²) in [5.41, 5.74) is 0. The molecule has 1 heterocycles. The zero-order chi connectivity index (χ0) is 11.8. The van der Waals surface area contributed by atoms with Crippen molar-refractivity contribution in [1.29, 1.82) is 0 Å². The number of aliphatic hydroxyl groups excluding tert-OH is 1. The molecule has 16 heavy (non-hydrogen) atoms. The molecule has 0 aliphatic rings. The van der Waals surface area contributed by atoms with E-state index in [0.717, 1.165) is 30.9 Å². The molecule has 0 bridgehead atoms. The molecule has 1 unspecified atom stereocenters. The van der Waals surface area contributed by atoms with Gasteiger partial charge < -0.3 is 5.11 Å². The van der Waals surface area contributed by atoms with E-state index in [9.17, 15) is 5.11 Å². The van der Waals surface area contributed by atoms with Gasteiger partial charge >= 0.3 is 0 Å². The maximum atomic E-state index is 9.93. The predicted molar refractivity (Wildman–Crippen MR) is 70.7 cm³/mol. The van der Waals surface area contributed by atoms with Crippen LogP contribution in [0.2, 0.25) is 0 Å². The highest BCUT2D eigenvalue weighted by molar-refractivity contribution is 7.10.